The summed E-state index contributed by atoms with van der Waals surface area (Å²) in [5.41, 5.74) is 3.01. The standard InChI is InChI=1S/C28H23ClN4O5/c1-37-26-14-19(13-24(29)27(26)38-17-18-5-4-6-22(12-18)33(35)36)11-21(15-30)28(34)31-10-9-20-16-32-25-8-3-2-7-23(20)25/h2-8,11-14,16,32H,9-10,17H2,1H3,(H,31,34). The van der Waals surface area contributed by atoms with E-state index < -0.39 is 10.8 Å². The van der Waals surface area contributed by atoms with E-state index in [2.05, 4.69) is 10.3 Å². The van der Waals surface area contributed by atoms with Gasteiger partial charge in [-0.1, -0.05) is 41.9 Å². The molecule has 0 unspecified atom stereocenters. The predicted molar refractivity (Wildman–Crippen MR) is 144 cm³/mol. The van der Waals surface area contributed by atoms with Crippen molar-refractivity contribution in [1.82, 2.24) is 10.3 Å². The number of nitro groups is 1. The highest BCUT2D eigenvalue weighted by Gasteiger charge is 2.15. The van der Waals surface area contributed by atoms with Crippen LogP contribution in [-0.4, -0.2) is 29.5 Å². The van der Waals surface area contributed by atoms with Crippen LogP contribution in [0.4, 0.5) is 5.69 Å². The van der Waals surface area contributed by atoms with Gasteiger partial charge >= 0.3 is 0 Å². The molecule has 38 heavy (non-hydrogen) atoms. The Morgan fingerprint density at radius 2 is 2.03 bits per heavy atom. The number of hydrogen-bond acceptors (Lipinski definition) is 6. The average molecular weight is 531 g/mol. The SMILES string of the molecule is COc1cc(C=C(C#N)C(=O)NCCc2c[nH]c3ccccc23)cc(Cl)c1OCc1cccc([N+](=O)[O-])c1. The molecule has 0 atom stereocenters. The lowest BCUT2D eigenvalue weighted by atomic mass is 10.1. The number of ether oxygens (including phenoxy) is 2. The van der Waals surface area contributed by atoms with Crippen LogP contribution in [-0.2, 0) is 17.8 Å². The Morgan fingerprint density at radius 3 is 2.79 bits per heavy atom. The quantitative estimate of drug-likeness (QED) is 0.119. The Labute approximate surface area is 223 Å². The maximum atomic E-state index is 12.7. The lowest BCUT2D eigenvalue weighted by Gasteiger charge is -2.13. The molecule has 0 bridgehead atoms. The van der Waals surface area contributed by atoms with E-state index in [1.165, 1.54) is 25.3 Å². The van der Waals surface area contributed by atoms with E-state index in [9.17, 15) is 20.2 Å². The van der Waals surface area contributed by atoms with E-state index in [1.807, 2.05) is 36.5 Å². The van der Waals surface area contributed by atoms with Crippen LogP contribution in [0.3, 0.4) is 0 Å². The summed E-state index contributed by atoms with van der Waals surface area (Å²) in [5.74, 6) is 0.0131. The first-order chi connectivity index (χ1) is 18.4. The number of hydrogen-bond donors (Lipinski definition) is 2. The smallest absolute Gasteiger partial charge is 0.269 e. The number of fused-ring (bicyclic) bond motifs is 1. The maximum Gasteiger partial charge on any atom is 0.269 e. The zero-order valence-electron chi connectivity index (χ0n) is 20.4. The highest BCUT2D eigenvalue weighted by molar-refractivity contribution is 6.32. The molecule has 0 saturated heterocycles. The molecule has 4 aromatic rings. The minimum absolute atomic E-state index is 0.0230. The van der Waals surface area contributed by atoms with Gasteiger partial charge in [0.25, 0.3) is 11.6 Å². The van der Waals surface area contributed by atoms with Crippen molar-refractivity contribution in [3.63, 3.8) is 0 Å². The number of para-hydroxylation sites is 1. The number of amides is 1. The van der Waals surface area contributed by atoms with Crippen LogP contribution in [0.15, 0.2) is 72.4 Å². The van der Waals surface area contributed by atoms with Crippen molar-refractivity contribution in [2.45, 2.75) is 13.0 Å². The zero-order chi connectivity index (χ0) is 27.1. The van der Waals surface area contributed by atoms with Crippen molar-refractivity contribution in [1.29, 1.82) is 5.26 Å². The third-order valence-corrected chi connectivity index (χ3v) is 6.07. The van der Waals surface area contributed by atoms with Gasteiger partial charge in [-0.25, -0.2) is 0 Å². The van der Waals surface area contributed by atoms with Crippen molar-refractivity contribution < 1.29 is 19.2 Å². The van der Waals surface area contributed by atoms with Gasteiger partial charge in [0.1, 0.15) is 18.2 Å². The van der Waals surface area contributed by atoms with Crippen molar-refractivity contribution in [2.75, 3.05) is 13.7 Å². The molecule has 4 rings (SSSR count). The van der Waals surface area contributed by atoms with Gasteiger partial charge in [0.2, 0.25) is 0 Å². The first kappa shape index (κ1) is 26.3. The number of aromatic amines is 1. The van der Waals surface area contributed by atoms with Gasteiger partial charge in [0, 0.05) is 35.8 Å². The van der Waals surface area contributed by atoms with Crippen molar-refractivity contribution in [3.05, 3.63) is 104 Å². The molecule has 2 N–H and O–H groups in total. The summed E-state index contributed by atoms with van der Waals surface area (Å²) < 4.78 is 11.2. The summed E-state index contributed by atoms with van der Waals surface area (Å²) in [6.07, 6.45) is 3.93. The number of carbonyl (C=O) groups excluding carboxylic acids is 1. The average Bonchev–Trinajstić information content (AvgIpc) is 3.33. The van der Waals surface area contributed by atoms with Crippen LogP contribution in [0.5, 0.6) is 11.5 Å². The van der Waals surface area contributed by atoms with E-state index in [4.69, 9.17) is 21.1 Å². The van der Waals surface area contributed by atoms with Gasteiger partial charge in [0.05, 0.1) is 17.1 Å². The molecule has 1 heterocycles. The Hall–Kier alpha value is -4.81. The third-order valence-electron chi connectivity index (χ3n) is 5.79. The summed E-state index contributed by atoms with van der Waals surface area (Å²) >= 11 is 6.43. The first-order valence-electron chi connectivity index (χ1n) is 11.6. The van der Waals surface area contributed by atoms with E-state index in [-0.39, 0.29) is 34.4 Å². The van der Waals surface area contributed by atoms with E-state index in [0.29, 0.717) is 24.1 Å². The number of non-ortho nitro benzene ring substituents is 1. The van der Waals surface area contributed by atoms with Crippen LogP contribution >= 0.6 is 11.6 Å². The van der Waals surface area contributed by atoms with Gasteiger partial charge in [-0.05, 0) is 47.4 Å². The number of nitriles is 1. The fourth-order valence-electron chi connectivity index (χ4n) is 3.94. The fourth-order valence-corrected chi connectivity index (χ4v) is 4.21. The highest BCUT2D eigenvalue weighted by atomic mass is 35.5. The lowest BCUT2D eigenvalue weighted by molar-refractivity contribution is -0.384. The second-order valence-electron chi connectivity index (χ2n) is 8.29. The van der Waals surface area contributed by atoms with Crippen molar-refractivity contribution in [2.24, 2.45) is 0 Å². The first-order valence-corrected chi connectivity index (χ1v) is 12.0. The number of methoxy groups -OCH3 is 1. The van der Waals surface area contributed by atoms with Crippen LogP contribution in [0.25, 0.3) is 17.0 Å². The van der Waals surface area contributed by atoms with Crippen molar-refractivity contribution >= 4 is 40.2 Å². The van der Waals surface area contributed by atoms with Crippen LogP contribution in [0, 0.1) is 21.4 Å². The number of H-pyrrole nitrogens is 1. The Balaban J connectivity index is 1.44. The molecule has 192 valence electrons. The molecule has 0 aliphatic carbocycles. The second-order valence-corrected chi connectivity index (χ2v) is 8.69. The number of halogens is 1. The lowest BCUT2D eigenvalue weighted by Crippen LogP contribution is -2.26. The molecule has 1 aromatic heterocycles. The Bertz CT molecular complexity index is 1570. The van der Waals surface area contributed by atoms with E-state index >= 15 is 0 Å². The van der Waals surface area contributed by atoms with Gasteiger partial charge in [-0.3, -0.25) is 14.9 Å². The summed E-state index contributed by atoms with van der Waals surface area (Å²) in [5, 5.41) is 24.7. The molecule has 10 heteroatoms. The molecular formula is C28H23ClN4O5. The monoisotopic (exact) mass is 530 g/mol. The molecular weight excluding hydrogens is 508 g/mol. The van der Waals surface area contributed by atoms with Crippen molar-refractivity contribution in [3.8, 4) is 17.6 Å². The Kier molecular flexibility index (Phi) is 8.26. The largest absolute Gasteiger partial charge is 0.493 e. The molecule has 0 saturated carbocycles. The fraction of sp³-hybridized carbons (Fsp3) is 0.143. The minimum Gasteiger partial charge on any atom is -0.493 e. The van der Waals surface area contributed by atoms with Crippen LogP contribution in [0.2, 0.25) is 5.02 Å². The Morgan fingerprint density at radius 1 is 1.21 bits per heavy atom. The third kappa shape index (κ3) is 6.11. The number of nitrogens with zero attached hydrogens (tertiary/aromatic N) is 2. The molecule has 0 aliphatic rings. The number of nitrogens with one attached hydrogen (secondary N) is 2. The number of carbonyl (C=O) groups is 1. The number of aromatic nitrogens is 1. The minimum atomic E-state index is -0.506. The molecule has 1 amide bonds. The van der Waals surface area contributed by atoms with Crippen LogP contribution in [0.1, 0.15) is 16.7 Å². The van der Waals surface area contributed by atoms with Gasteiger partial charge in [-0.2, -0.15) is 5.26 Å². The number of benzene rings is 3. The zero-order valence-corrected chi connectivity index (χ0v) is 21.1. The molecule has 0 radical (unpaired) electrons. The van der Waals surface area contributed by atoms with E-state index in [1.54, 1.807) is 24.3 Å². The van der Waals surface area contributed by atoms with Crippen LogP contribution < -0.4 is 14.8 Å². The van der Waals surface area contributed by atoms with Gasteiger partial charge in [-0.15, -0.1) is 0 Å². The summed E-state index contributed by atoms with van der Waals surface area (Å²) in [4.78, 5) is 26.4. The summed E-state index contributed by atoms with van der Waals surface area (Å²) in [6.45, 7) is 0.378. The molecule has 0 aliphatic heterocycles. The predicted octanol–water partition coefficient (Wildman–Crippen LogP) is 5.58. The molecule has 0 spiro atoms. The summed E-state index contributed by atoms with van der Waals surface area (Å²) in [7, 11) is 1.43. The molecule has 3 aromatic carbocycles. The molecule has 9 nitrogen and oxygen atoms in total. The van der Waals surface area contributed by atoms with Gasteiger partial charge < -0.3 is 19.8 Å². The summed E-state index contributed by atoms with van der Waals surface area (Å²) in [6, 6.07) is 19.0. The second kappa shape index (κ2) is 12.0. The highest BCUT2D eigenvalue weighted by Crippen LogP contribution is 2.37. The topological polar surface area (TPSA) is 130 Å². The maximum absolute atomic E-state index is 12.7. The normalized spacial score (nSPS) is 11.1. The van der Waals surface area contributed by atoms with Gasteiger partial charge in [0.15, 0.2) is 11.5 Å². The number of rotatable bonds is 10. The molecule has 0 fully saturated rings. The number of nitro benzene ring substituents is 1. The van der Waals surface area contributed by atoms with E-state index in [0.717, 1.165) is 16.5 Å².